The van der Waals surface area contributed by atoms with Crippen molar-refractivity contribution in [2.45, 2.75) is 18.9 Å². The first kappa shape index (κ1) is 13.2. The molecule has 0 aliphatic carbocycles. The lowest BCUT2D eigenvalue weighted by atomic mass is 9.89. The first-order valence-corrected chi connectivity index (χ1v) is 6.14. The van der Waals surface area contributed by atoms with Gasteiger partial charge in [0.25, 0.3) is 5.69 Å². The Hall–Kier alpha value is -2.20. The van der Waals surface area contributed by atoms with E-state index in [4.69, 9.17) is 5.73 Å². The highest BCUT2D eigenvalue weighted by molar-refractivity contribution is 5.37. The van der Waals surface area contributed by atoms with E-state index in [2.05, 4.69) is 0 Å². The molecule has 0 saturated carbocycles. The van der Waals surface area contributed by atoms with Gasteiger partial charge in [0.1, 0.15) is 0 Å². The van der Waals surface area contributed by atoms with Crippen LogP contribution in [0.1, 0.15) is 30.0 Å². The number of nitro benzene ring substituents is 1. The third-order valence-electron chi connectivity index (χ3n) is 3.33. The van der Waals surface area contributed by atoms with Gasteiger partial charge in [-0.25, -0.2) is 0 Å². The highest BCUT2D eigenvalue weighted by Gasteiger charge is 2.18. The number of nitrogens with zero attached hydrogens (tertiary/aromatic N) is 1. The standard InChI is InChI=1S/C15H16N2O2/c1-11(12-6-3-2-4-7-12)15(16)13-8-5-9-14(10-13)17(18)19/h2-11,15H,16H2,1H3. The van der Waals surface area contributed by atoms with E-state index in [0.29, 0.717) is 0 Å². The van der Waals surface area contributed by atoms with Crippen LogP contribution in [0, 0.1) is 10.1 Å². The Morgan fingerprint density at radius 1 is 1.05 bits per heavy atom. The molecule has 2 atom stereocenters. The van der Waals surface area contributed by atoms with Gasteiger partial charge in [-0.1, -0.05) is 49.4 Å². The maximum absolute atomic E-state index is 10.8. The molecule has 4 nitrogen and oxygen atoms in total. The summed E-state index contributed by atoms with van der Waals surface area (Å²) in [5.74, 6) is 0.100. The summed E-state index contributed by atoms with van der Waals surface area (Å²) in [5, 5.41) is 10.8. The third-order valence-corrected chi connectivity index (χ3v) is 3.33. The van der Waals surface area contributed by atoms with E-state index < -0.39 is 4.92 Å². The molecule has 2 rings (SSSR count). The van der Waals surface area contributed by atoms with Crippen LogP contribution in [0.4, 0.5) is 5.69 Å². The molecule has 2 aromatic carbocycles. The average Bonchev–Trinajstić information content (AvgIpc) is 2.46. The van der Waals surface area contributed by atoms with Gasteiger partial charge < -0.3 is 5.73 Å². The van der Waals surface area contributed by atoms with Crippen molar-refractivity contribution in [1.82, 2.24) is 0 Å². The molecule has 0 saturated heterocycles. The molecule has 0 aromatic heterocycles. The smallest absolute Gasteiger partial charge is 0.269 e. The van der Waals surface area contributed by atoms with Crippen LogP contribution < -0.4 is 5.73 Å². The second-order valence-corrected chi connectivity index (χ2v) is 4.58. The van der Waals surface area contributed by atoms with Crippen molar-refractivity contribution in [2.75, 3.05) is 0 Å². The molecule has 98 valence electrons. The van der Waals surface area contributed by atoms with Gasteiger partial charge >= 0.3 is 0 Å². The molecule has 0 radical (unpaired) electrons. The summed E-state index contributed by atoms with van der Waals surface area (Å²) in [5.41, 5.74) is 8.20. The molecule has 0 fully saturated rings. The molecule has 0 aliphatic rings. The second kappa shape index (κ2) is 5.63. The normalized spacial score (nSPS) is 13.8. The largest absolute Gasteiger partial charge is 0.323 e. The molecular weight excluding hydrogens is 240 g/mol. The fourth-order valence-corrected chi connectivity index (χ4v) is 2.10. The summed E-state index contributed by atoms with van der Waals surface area (Å²) in [7, 11) is 0. The zero-order valence-electron chi connectivity index (χ0n) is 10.7. The van der Waals surface area contributed by atoms with E-state index in [1.54, 1.807) is 12.1 Å². The number of benzene rings is 2. The summed E-state index contributed by atoms with van der Waals surface area (Å²) < 4.78 is 0. The first-order valence-electron chi connectivity index (χ1n) is 6.14. The van der Waals surface area contributed by atoms with E-state index in [-0.39, 0.29) is 17.6 Å². The van der Waals surface area contributed by atoms with Crippen LogP contribution in [0.3, 0.4) is 0 Å². The van der Waals surface area contributed by atoms with E-state index in [1.807, 2.05) is 43.3 Å². The van der Waals surface area contributed by atoms with Gasteiger partial charge in [-0.05, 0) is 11.1 Å². The fraction of sp³-hybridized carbons (Fsp3) is 0.200. The average molecular weight is 256 g/mol. The Morgan fingerprint density at radius 2 is 1.68 bits per heavy atom. The van der Waals surface area contributed by atoms with Gasteiger partial charge in [0, 0.05) is 24.1 Å². The highest BCUT2D eigenvalue weighted by Crippen LogP contribution is 2.29. The van der Waals surface area contributed by atoms with Crippen molar-refractivity contribution in [3.63, 3.8) is 0 Å². The number of hydrogen-bond acceptors (Lipinski definition) is 3. The minimum atomic E-state index is -0.399. The van der Waals surface area contributed by atoms with Crippen LogP contribution in [0.15, 0.2) is 54.6 Å². The summed E-state index contributed by atoms with van der Waals surface area (Å²) in [6.45, 7) is 2.03. The summed E-state index contributed by atoms with van der Waals surface area (Å²) >= 11 is 0. The molecule has 0 spiro atoms. The van der Waals surface area contributed by atoms with Gasteiger partial charge in [0.2, 0.25) is 0 Å². The SMILES string of the molecule is CC(c1ccccc1)C(N)c1cccc([N+](=O)[O-])c1. The lowest BCUT2D eigenvalue weighted by Gasteiger charge is -2.20. The Labute approximate surface area is 112 Å². The third kappa shape index (κ3) is 2.98. The molecule has 0 heterocycles. The Morgan fingerprint density at radius 3 is 2.32 bits per heavy atom. The van der Waals surface area contributed by atoms with Gasteiger partial charge in [-0.15, -0.1) is 0 Å². The Balaban J connectivity index is 2.26. The highest BCUT2D eigenvalue weighted by atomic mass is 16.6. The van der Waals surface area contributed by atoms with Crippen LogP contribution in [0.5, 0.6) is 0 Å². The van der Waals surface area contributed by atoms with Crippen LogP contribution in [0.2, 0.25) is 0 Å². The molecular formula is C15H16N2O2. The number of nitro groups is 1. The van der Waals surface area contributed by atoms with E-state index in [1.165, 1.54) is 6.07 Å². The molecule has 0 aliphatic heterocycles. The number of hydrogen-bond donors (Lipinski definition) is 1. The molecule has 2 aromatic rings. The van der Waals surface area contributed by atoms with Gasteiger partial charge in [-0.3, -0.25) is 10.1 Å². The molecule has 4 heteroatoms. The molecule has 0 amide bonds. The second-order valence-electron chi connectivity index (χ2n) is 4.58. The Bertz CT molecular complexity index is 569. The molecule has 2 unspecified atom stereocenters. The molecule has 2 N–H and O–H groups in total. The summed E-state index contributed by atoms with van der Waals surface area (Å²) in [6, 6.07) is 16.2. The van der Waals surface area contributed by atoms with Crippen LogP contribution in [-0.4, -0.2) is 4.92 Å². The van der Waals surface area contributed by atoms with Crippen molar-refractivity contribution in [2.24, 2.45) is 5.73 Å². The lowest BCUT2D eigenvalue weighted by Crippen LogP contribution is -2.17. The zero-order chi connectivity index (χ0) is 13.8. The van der Waals surface area contributed by atoms with Crippen LogP contribution in [-0.2, 0) is 0 Å². The topological polar surface area (TPSA) is 69.2 Å². The van der Waals surface area contributed by atoms with Crippen molar-refractivity contribution in [3.8, 4) is 0 Å². The monoisotopic (exact) mass is 256 g/mol. The number of non-ortho nitro benzene ring substituents is 1. The lowest BCUT2D eigenvalue weighted by molar-refractivity contribution is -0.384. The predicted octanol–water partition coefficient (Wildman–Crippen LogP) is 3.40. The van der Waals surface area contributed by atoms with Crippen molar-refractivity contribution in [3.05, 3.63) is 75.8 Å². The van der Waals surface area contributed by atoms with Gasteiger partial charge in [-0.2, -0.15) is 0 Å². The molecule has 0 bridgehead atoms. The minimum Gasteiger partial charge on any atom is -0.323 e. The number of nitrogens with two attached hydrogens (primary N) is 1. The van der Waals surface area contributed by atoms with E-state index in [9.17, 15) is 10.1 Å². The van der Waals surface area contributed by atoms with Crippen molar-refractivity contribution < 1.29 is 4.92 Å². The van der Waals surface area contributed by atoms with Crippen molar-refractivity contribution in [1.29, 1.82) is 0 Å². The van der Waals surface area contributed by atoms with E-state index >= 15 is 0 Å². The maximum atomic E-state index is 10.8. The first-order chi connectivity index (χ1) is 9.09. The number of rotatable bonds is 4. The zero-order valence-corrected chi connectivity index (χ0v) is 10.7. The van der Waals surface area contributed by atoms with E-state index in [0.717, 1.165) is 11.1 Å². The van der Waals surface area contributed by atoms with Crippen LogP contribution >= 0.6 is 0 Å². The summed E-state index contributed by atoms with van der Waals surface area (Å²) in [4.78, 5) is 10.4. The minimum absolute atomic E-state index is 0.0770. The van der Waals surface area contributed by atoms with Crippen molar-refractivity contribution >= 4 is 5.69 Å². The Kier molecular flexibility index (Phi) is 3.92. The van der Waals surface area contributed by atoms with Gasteiger partial charge in [0.15, 0.2) is 0 Å². The predicted molar refractivity (Wildman–Crippen MR) is 74.9 cm³/mol. The van der Waals surface area contributed by atoms with Crippen LogP contribution in [0.25, 0.3) is 0 Å². The summed E-state index contributed by atoms with van der Waals surface area (Å²) in [6.07, 6.45) is 0. The maximum Gasteiger partial charge on any atom is 0.269 e. The quantitative estimate of drug-likeness (QED) is 0.673. The molecule has 19 heavy (non-hydrogen) atoms. The fourth-order valence-electron chi connectivity index (χ4n) is 2.10. The van der Waals surface area contributed by atoms with Gasteiger partial charge in [0.05, 0.1) is 4.92 Å².